The molecule has 1 fully saturated rings. The Morgan fingerprint density at radius 3 is 2.90 bits per heavy atom. The largest absolute Gasteiger partial charge is 0.424 e. The lowest BCUT2D eigenvalue weighted by Crippen LogP contribution is -2.05. The minimum absolute atomic E-state index is 0.203. The van der Waals surface area contributed by atoms with Crippen LogP contribution in [0.3, 0.4) is 0 Å². The smallest absolute Gasteiger partial charge is 0.229 e. The molecule has 21 heavy (non-hydrogen) atoms. The molecule has 1 aliphatic carbocycles. The number of hydrogen-bond acceptors (Lipinski definition) is 5. The molecule has 1 atom stereocenters. The van der Waals surface area contributed by atoms with E-state index in [2.05, 4.69) is 34.1 Å². The minimum atomic E-state index is 0.203. The van der Waals surface area contributed by atoms with Gasteiger partial charge in [0.15, 0.2) is 0 Å². The quantitative estimate of drug-likeness (QED) is 0.809. The topological polar surface area (TPSA) is 56.7 Å². The van der Waals surface area contributed by atoms with Gasteiger partial charge in [-0.2, -0.15) is 5.10 Å². The summed E-state index contributed by atoms with van der Waals surface area (Å²) in [7, 11) is 0. The highest BCUT2D eigenvalue weighted by Gasteiger charge is 2.18. The van der Waals surface area contributed by atoms with Crippen molar-refractivity contribution >= 4 is 11.8 Å². The molecule has 2 aromatic rings. The third-order valence-corrected chi connectivity index (χ3v) is 5.14. The van der Waals surface area contributed by atoms with Crippen LogP contribution in [0.15, 0.2) is 16.7 Å². The van der Waals surface area contributed by atoms with Crippen molar-refractivity contribution in [3.05, 3.63) is 29.7 Å². The molecule has 1 saturated carbocycles. The van der Waals surface area contributed by atoms with Crippen LogP contribution in [0, 0.1) is 0 Å². The number of aromatic nitrogens is 4. The molecular weight excluding hydrogens is 284 g/mol. The van der Waals surface area contributed by atoms with E-state index in [0.717, 1.165) is 17.9 Å². The van der Waals surface area contributed by atoms with Gasteiger partial charge in [-0.15, -0.1) is 22.0 Å². The summed E-state index contributed by atoms with van der Waals surface area (Å²) >= 11 is 1.79. The van der Waals surface area contributed by atoms with Gasteiger partial charge in [-0.3, -0.25) is 4.68 Å². The Labute approximate surface area is 129 Å². The summed E-state index contributed by atoms with van der Waals surface area (Å²) in [6.45, 7) is 4.12. The first-order valence-corrected chi connectivity index (χ1v) is 8.79. The van der Waals surface area contributed by atoms with Gasteiger partial charge in [0.05, 0.1) is 17.0 Å². The number of thioether (sulfide) groups is 1. The van der Waals surface area contributed by atoms with Crippen molar-refractivity contribution < 1.29 is 4.42 Å². The highest BCUT2D eigenvalue weighted by atomic mass is 32.2. The van der Waals surface area contributed by atoms with Crippen molar-refractivity contribution in [1.29, 1.82) is 0 Å². The van der Waals surface area contributed by atoms with Crippen LogP contribution in [0.2, 0.25) is 0 Å². The number of rotatable bonds is 6. The Balaban J connectivity index is 1.54. The van der Waals surface area contributed by atoms with E-state index in [4.69, 9.17) is 9.52 Å². The molecule has 0 aromatic carbocycles. The summed E-state index contributed by atoms with van der Waals surface area (Å²) in [6.07, 6.45) is 8.12. The lowest BCUT2D eigenvalue weighted by molar-refractivity contribution is 0.456. The molecule has 0 radical (unpaired) electrons. The molecule has 0 spiro atoms. The van der Waals surface area contributed by atoms with Gasteiger partial charge in [-0.1, -0.05) is 19.8 Å². The van der Waals surface area contributed by atoms with Crippen molar-refractivity contribution in [2.75, 3.05) is 0 Å². The molecule has 114 valence electrons. The first kappa shape index (κ1) is 14.6. The number of aryl methyl sites for hydroxylation is 1. The van der Waals surface area contributed by atoms with E-state index >= 15 is 0 Å². The van der Waals surface area contributed by atoms with Crippen molar-refractivity contribution in [3.8, 4) is 0 Å². The van der Waals surface area contributed by atoms with Crippen LogP contribution in [0.1, 0.15) is 68.3 Å². The van der Waals surface area contributed by atoms with E-state index in [0.29, 0.717) is 17.8 Å². The average Bonchev–Trinajstić information content (AvgIpc) is 3.24. The number of hydrogen-bond donors (Lipinski definition) is 0. The number of nitrogens with zero attached hydrogens (tertiary/aromatic N) is 4. The molecule has 0 saturated heterocycles. The maximum Gasteiger partial charge on any atom is 0.229 e. The molecule has 5 nitrogen and oxygen atoms in total. The van der Waals surface area contributed by atoms with Crippen LogP contribution in [0.4, 0.5) is 0 Å². The zero-order chi connectivity index (χ0) is 14.7. The Morgan fingerprint density at radius 2 is 2.19 bits per heavy atom. The summed E-state index contributed by atoms with van der Waals surface area (Å²) in [5.74, 6) is 2.31. The molecular formula is C15H22N4OS. The summed E-state index contributed by atoms with van der Waals surface area (Å²) in [5, 5.41) is 13.0. The zero-order valence-corrected chi connectivity index (χ0v) is 13.5. The Hall–Kier alpha value is -1.30. The van der Waals surface area contributed by atoms with Crippen LogP contribution in [0.5, 0.6) is 0 Å². The van der Waals surface area contributed by atoms with Crippen LogP contribution in [-0.2, 0) is 12.2 Å². The van der Waals surface area contributed by atoms with Gasteiger partial charge in [-0.05, 0) is 25.8 Å². The van der Waals surface area contributed by atoms with Gasteiger partial charge in [0.2, 0.25) is 11.8 Å². The van der Waals surface area contributed by atoms with Crippen LogP contribution in [0.25, 0.3) is 0 Å². The lowest BCUT2D eigenvalue weighted by Gasteiger charge is -2.09. The fraction of sp³-hybridized carbons (Fsp3) is 0.667. The molecule has 6 heteroatoms. The fourth-order valence-corrected chi connectivity index (χ4v) is 3.49. The molecule has 2 aromatic heterocycles. The van der Waals surface area contributed by atoms with Gasteiger partial charge in [-0.25, -0.2) is 0 Å². The highest BCUT2D eigenvalue weighted by molar-refractivity contribution is 7.98. The monoisotopic (exact) mass is 306 g/mol. The molecule has 1 unspecified atom stereocenters. The molecule has 2 heterocycles. The highest BCUT2D eigenvalue weighted by Crippen LogP contribution is 2.31. The zero-order valence-electron chi connectivity index (χ0n) is 12.7. The van der Waals surface area contributed by atoms with Gasteiger partial charge in [0.25, 0.3) is 0 Å². The Morgan fingerprint density at radius 1 is 1.38 bits per heavy atom. The third kappa shape index (κ3) is 3.48. The maximum atomic E-state index is 5.60. The van der Waals surface area contributed by atoms with Gasteiger partial charge in [0, 0.05) is 18.4 Å². The van der Waals surface area contributed by atoms with E-state index in [1.807, 2.05) is 6.92 Å². The third-order valence-electron chi connectivity index (χ3n) is 3.98. The predicted octanol–water partition coefficient (Wildman–Crippen LogP) is 3.94. The van der Waals surface area contributed by atoms with E-state index in [9.17, 15) is 0 Å². The maximum absolute atomic E-state index is 5.60. The molecule has 0 N–H and O–H groups in total. The van der Waals surface area contributed by atoms with Crippen molar-refractivity contribution in [2.45, 2.75) is 63.0 Å². The normalized spacial score (nSPS) is 17.4. The predicted molar refractivity (Wildman–Crippen MR) is 83.1 cm³/mol. The SMILES string of the molecule is CCc1nnc(C(C)SCc2ccn(C3CCCC3)n2)o1. The second kappa shape index (κ2) is 6.64. The summed E-state index contributed by atoms with van der Waals surface area (Å²) < 4.78 is 7.75. The molecule has 1 aliphatic rings. The minimum Gasteiger partial charge on any atom is -0.424 e. The standard InChI is InChI=1S/C15H22N4OS/c1-3-14-16-17-15(20-14)11(2)21-10-12-8-9-19(18-12)13-6-4-5-7-13/h8-9,11,13H,3-7,10H2,1-2H3. The Bertz CT molecular complexity index is 574. The molecule has 0 amide bonds. The Kier molecular flexibility index (Phi) is 4.63. The lowest BCUT2D eigenvalue weighted by atomic mass is 10.3. The van der Waals surface area contributed by atoms with E-state index in [1.165, 1.54) is 25.7 Å². The van der Waals surface area contributed by atoms with Crippen LogP contribution >= 0.6 is 11.8 Å². The second-order valence-corrected chi connectivity index (χ2v) is 6.90. The van der Waals surface area contributed by atoms with Crippen molar-refractivity contribution in [1.82, 2.24) is 20.0 Å². The molecule has 0 aliphatic heterocycles. The summed E-state index contributed by atoms with van der Waals surface area (Å²) in [5.41, 5.74) is 1.13. The molecule has 0 bridgehead atoms. The molecule has 3 rings (SSSR count). The van der Waals surface area contributed by atoms with E-state index in [-0.39, 0.29) is 5.25 Å². The van der Waals surface area contributed by atoms with Crippen molar-refractivity contribution in [2.24, 2.45) is 0 Å². The van der Waals surface area contributed by atoms with Crippen LogP contribution < -0.4 is 0 Å². The van der Waals surface area contributed by atoms with Gasteiger partial charge >= 0.3 is 0 Å². The van der Waals surface area contributed by atoms with Gasteiger partial charge < -0.3 is 4.42 Å². The first-order valence-electron chi connectivity index (χ1n) is 7.74. The first-order chi connectivity index (χ1) is 10.3. The fourth-order valence-electron chi connectivity index (χ4n) is 2.68. The van der Waals surface area contributed by atoms with Crippen molar-refractivity contribution in [3.63, 3.8) is 0 Å². The summed E-state index contributed by atoms with van der Waals surface area (Å²) in [4.78, 5) is 0. The van der Waals surface area contributed by atoms with E-state index < -0.39 is 0 Å². The average molecular weight is 306 g/mol. The van der Waals surface area contributed by atoms with Crippen LogP contribution in [-0.4, -0.2) is 20.0 Å². The summed E-state index contributed by atoms with van der Waals surface area (Å²) in [6, 6.07) is 2.74. The van der Waals surface area contributed by atoms with Gasteiger partial charge in [0.1, 0.15) is 0 Å². The van der Waals surface area contributed by atoms with E-state index in [1.54, 1.807) is 11.8 Å². The second-order valence-electron chi connectivity index (χ2n) is 5.57.